The van der Waals surface area contributed by atoms with Crippen LogP contribution in [0.3, 0.4) is 0 Å². The number of aliphatic hydroxyl groups excluding tert-OH is 1. The SMILES string of the molecule is CC(=O)OC1=C2C(C)[C@@H](O)C[C@@](O)([C@@H](OC(=O)c3ccccc3)[C@@H]3[C@]4(OC(C)=O)CO[C@@H]4C[C@H](O[Si](c4ccccc4)(c4ccccc4)C(C)(C)C)[C@@]3(C)C1=O)C2(C)C. The van der Waals surface area contributed by atoms with E-state index in [1.54, 1.807) is 58.0 Å². The second kappa shape index (κ2) is 14.9. The van der Waals surface area contributed by atoms with Crippen LogP contribution in [0, 0.1) is 22.7 Å². The van der Waals surface area contributed by atoms with Crippen LogP contribution in [-0.4, -0.2) is 84.4 Å². The molecule has 3 fully saturated rings. The van der Waals surface area contributed by atoms with Crippen molar-refractivity contribution in [3.8, 4) is 0 Å². The molecule has 11 nitrogen and oxygen atoms in total. The monoisotopic (exact) mass is 824 g/mol. The predicted octanol–water partition coefficient (Wildman–Crippen LogP) is 5.44. The van der Waals surface area contributed by atoms with Crippen LogP contribution in [0.1, 0.15) is 85.5 Å². The molecule has 1 aliphatic heterocycles. The van der Waals surface area contributed by atoms with Gasteiger partial charge in [-0.05, 0) is 40.0 Å². The number of Topliss-reactive ketones (excluding diaryl/α,β-unsaturated/α-hetero) is 1. The number of fused-ring (bicyclic) bond motifs is 5. The standard InChI is InChI=1S/C47H56O11Si/c1-28-34(50)26-47(53)41(56-42(52)31-19-13-10-14-20-31)39-45(9,40(51)38(55-29(2)48)37(28)44(47,7)8)35(25-36-46(39,27-54-36)57-30(3)49)58-59(43(4,5)6,32-21-15-11-16-22-32)33-23-17-12-18-24-33/h10-24,28,34-36,39,41,50,53H,25-27H2,1-9H3/t28?,34-,35-,36+,39-,41-,45+,46-,47+/m0/s1. The van der Waals surface area contributed by atoms with Gasteiger partial charge in [0.15, 0.2) is 11.4 Å². The van der Waals surface area contributed by atoms with Crippen LogP contribution in [0.25, 0.3) is 0 Å². The summed E-state index contributed by atoms with van der Waals surface area (Å²) in [4.78, 5) is 57.2. The van der Waals surface area contributed by atoms with E-state index in [1.165, 1.54) is 13.8 Å². The second-order valence-electron chi connectivity index (χ2n) is 18.6. The van der Waals surface area contributed by atoms with Crippen molar-refractivity contribution in [1.29, 1.82) is 0 Å². The zero-order chi connectivity index (χ0) is 42.9. The van der Waals surface area contributed by atoms with Gasteiger partial charge in [-0.25, -0.2) is 4.79 Å². The number of esters is 3. The quantitative estimate of drug-likeness (QED) is 0.170. The van der Waals surface area contributed by atoms with Gasteiger partial charge >= 0.3 is 17.9 Å². The molecular weight excluding hydrogens is 769 g/mol. The van der Waals surface area contributed by atoms with E-state index in [4.69, 9.17) is 23.4 Å². The van der Waals surface area contributed by atoms with E-state index in [0.29, 0.717) is 0 Å². The lowest BCUT2D eigenvalue weighted by Gasteiger charge is -2.68. The van der Waals surface area contributed by atoms with Gasteiger partial charge in [0.1, 0.15) is 17.8 Å². The molecule has 59 heavy (non-hydrogen) atoms. The Morgan fingerprint density at radius 2 is 1.39 bits per heavy atom. The van der Waals surface area contributed by atoms with Crippen molar-refractivity contribution >= 4 is 42.4 Å². The highest BCUT2D eigenvalue weighted by atomic mass is 28.4. The molecule has 1 saturated heterocycles. The molecule has 3 aliphatic carbocycles. The maximum absolute atomic E-state index is 16.3. The Morgan fingerprint density at radius 3 is 1.86 bits per heavy atom. The zero-order valence-corrected chi connectivity index (χ0v) is 36.3. The van der Waals surface area contributed by atoms with Gasteiger partial charge in [0.25, 0.3) is 8.32 Å². The first-order valence-electron chi connectivity index (χ1n) is 20.4. The summed E-state index contributed by atoms with van der Waals surface area (Å²) in [5.74, 6) is -5.37. The molecular formula is C47H56O11Si. The van der Waals surface area contributed by atoms with Crippen molar-refractivity contribution < 1.29 is 52.8 Å². The fourth-order valence-corrected chi connectivity index (χ4v) is 15.7. The van der Waals surface area contributed by atoms with Crippen molar-refractivity contribution in [2.24, 2.45) is 22.7 Å². The van der Waals surface area contributed by atoms with Crippen LogP contribution < -0.4 is 10.4 Å². The average molecular weight is 825 g/mol. The van der Waals surface area contributed by atoms with Crippen LogP contribution in [-0.2, 0) is 37.8 Å². The summed E-state index contributed by atoms with van der Waals surface area (Å²) in [7, 11) is -3.51. The first-order chi connectivity index (χ1) is 27.7. The molecule has 3 aromatic rings. The summed E-state index contributed by atoms with van der Waals surface area (Å²) in [5, 5.41) is 26.8. The lowest BCUT2D eigenvalue weighted by atomic mass is 9.45. The van der Waals surface area contributed by atoms with Gasteiger partial charge in [0, 0.05) is 38.0 Å². The summed E-state index contributed by atoms with van der Waals surface area (Å²) in [5.41, 5.74) is -6.72. The normalized spacial score (nSPS) is 32.6. The molecule has 0 amide bonds. The largest absolute Gasteiger partial charge is 0.455 e. The number of hydrogen-bond donors (Lipinski definition) is 2. The predicted molar refractivity (Wildman–Crippen MR) is 221 cm³/mol. The van der Waals surface area contributed by atoms with Gasteiger partial charge in [-0.2, -0.15) is 0 Å². The highest BCUT2D eigenvalue weighted by Crippen LogP contribution is 2.65. The molecule has 0 spiro atoms. The molecule has 1 heterocycles. The van der Waals surface area contributed by atoms with Gasteiger partial charge < -0.3 is 33.6 Å². The molecule has 12 heteroatoms. The number of benzene rings is 3. The third-order valence-electron chi connectivity index (χ3n) is 13.9. The maximum Gasteiger partial charge on any atom is 0.338 e. The topological polar surface area (TPSA) is 155 Å². The molecule has 314 valence electrons. The molecule has 9 atom stereocenters. The average Bonchev–Trinajstić information content (AvgIpc) is 3.17. The molecule has 3 aromatic carbocycles. The first kappa shape index (κ1) is 42.7. The number of rotatable bonds is 8. The zero-order valence-electron chi connectivity index (χ0n) is 35.3. The van der Waals surface area contributed by atoms with Gasteiger partial charge in [-0.3, -0.25) is 14.4 Å². The number of carbonyl (C=O) groups excluding carboxylic acids is 4. The minimum atomic E-state index is -3.51. The van der Waals surface area contributed by atoms with Crippen molar-refractivity contribution in [2.75, 3.05) is 6.61 Å². The maximum atomic E-state index is 16.3. The van der Waals surface area contributed by atoms with E-state index in [0.717, 1.165) is 10.4 Å². The number of ether oxygens (including phenoxy) is 4. The molecule has 1 unspecified atom stereocenters. The third-order valence-corrected chi connectivity index (χ3v) is 18.9. The Morgan fingerprint density at radius 1 is 0.847 bits per heavy atom. The molecule has 2 N–H and O–H groups in total. The van der Waals surface area contributed by atoms with Gasteiger partial charge in [0.2, 0.25) is 5.78 Å². The van der Waals surface area contributed by atoms with E-state index in [9.17, 15) is 24.6 Å². The van der Waals surface area contributed by atoms with Crippen LogP contribution >= 0.6 is 0 Å². The van der Waals surface area contributed by atoms with Gasteiger partial charge in [0.05, 0.1) is 35.7 Å². The van der Waals surface area contributed by atoms with E-state index in [1.807, 2.05) is 60.7 Å². The molecule has 0 aromatic heterocycles. The lowest BCUT2D eigenvalue weighted by molar-refractivity contribution is -0.344. The second-order valence-corrected chi connectivity index (χ2v) is 22.8. The number of ketones is 1. The highest BCUT2D eigenvalue weighted by molar-refractivity contribution is 6.99. The fraction of sp³-hybridized carbons (Fsp3) is 0.489. The van der Waals surface area contributed by atoms with Crippen molar-refractivity contribution in [2.45, 2.75) is 116 Å². The third kappa shape index (κ3) is 6.44. The van der Waals surface area contributed by atoms with Crippen molar-refractivity contribution in [3.05, 3.63) is 108 Å². The Labute approximate surface area is 347 Å². The minimum Gasteiger partial charge on any atom is -0.455 e. The van der Waals surface area contributed by atoms with Crippen LogP contribution in [0.2, 0.25) is 5.04 Å². The highest BCUT2D eigenvalue weighted by Gasteiger charge is 2.78. The minimum absolute atomic E-state index is 0.0541. The van der Waals surface area contributed by atoms with E-state index >= 15 is 4.79 Å². The van der Waals surface area contributed by atoms with E-state index in [2.05, 4.69) is 20.8 Å². The summed E-state index contributed by atoms with van der Waals surface area (Å²) < 4.78 is 33.2. The van der Waals surface area contributed by atoms with Crippen molar-refractivity contribution in [3.63, 3.8) is 0 Å². The fourth-order valence-electron chi connectivity index (χ4n) is 10.9. The first-order valence-corrected chi connectivity index (χ1v) is 22.3. The van der Waals surface area contributed by atoms with E-state index in [-0.39, 0.29) is 36.3 Å². The van der Waals surface area contributed by atoms with Crippen LogP contribution in [0.15, 0.2) is 102 Å². The number of allylic oxidation sites excluding steroid dienone is 1. The summed E-state index contributed by atoms with van der Waals surface area (Å²) in [6.07, 6.45) is -5.08. The van der Waals surface area contributed by atoms with Crippen LogP contribution in [0.5, 0.6) is 0 Å². The van der Waals surface area contributed by atoms with Crippen molar-refractivity contribution in [1.82, 2.24) is 0 Å². The summed E-state index contributed by atoms with van der Waals surface area (Å²) in [6.45, 7) is 15.4. The molecule has 2 saturated carbocycles. The van der Waals surface area contributed by atoms with Gasteiger partial charge in [-0.1, -0.05) is 120 Å². The smallest absolute Gasteiger partial charge is 0.338 e. The number of hydrogen-bond acceptors (Lipinski definition) is 11. The molecule has 4 aliphatic rings. The lowest BCUT2D eigenvalue weighted by Crippen LogP contribution is -2.82. The van der Waals surface area contributed by atoms with Crippen LogP contribution in [0.4, 0.5) is 0 Å². The Bertz CT molecular complexity index is 2110. The number of aliphatic hydroxyl groups is 2. The Hall–Kier alpha value is -4.46. The Kier molecular flexibility index (Phi) is 10.8. The van der Waals surface area contributed by atoms with E-state index < -0.39 is 95.3 Å². The molecule has 7 rings (SSSR count). The molecule has 2 bridgehead atoms. The molecule has 0 radical (unpaired) electrons. The van der Waals surface area contributed by atoms with Gasteiger partial charge in [-0.15, -0.1) is 0 Å². The Balaban J connectivity index is 1.59. The summed E-state index contributed by atoms with van der Waals surface area (Å²) in [6, 6.07) is 28.1. The summed E-state index contributed by atoms with van der Waals surface area (Å²) >= 11 is 0. The number of carbonyl (C=O) groups is 4.